The molecule has 2 aromatic rings. The van der Waals surface area contributed by atoms with Gasteiger partial charge in [-0.3, -0.25) is 29.4 Å². The molecule has 10 heteroatoms. The number of anilines is 2. The van der Waals surface area contributed by atoms with Crippen molar-refractivity contribution in [3.63, 3.8) is 0 Å². The molecule has 0 bridgehead atoms. The van der Waals surface area contributed by atoms with Crippen molar-refractivity contribution in [2.24, 2.45) is 0 Å². The molecule has 162 valence electrons. The zero-order valence-electron chi connectivity index (χ0n) is 17.2. The molecule has 1 aliphatic heterocycles. The van der Waals surface area contributed by atoms with Crippen LogP contribution in [0.3, 0.4) is 0 Å². The van der Waals surface area contributed by atoms with Crippen LogP contribution in [-0.4, -0.2) is 36.3 Å². The Hall–Kier alpha value is -3.53. The van der Waals surface area contributed by atoms with Crippen LogP contribution in [0.1, 0.15) is 50.9 Å². The van der Waals surface area contributed by atoms with Gasteiger partial charge in [-0.2, -0.15) is 0 Å². The van der Waals surface area contributed by atoms with Crippen LogP contribution in [0.5, 0.6) is 0 Å². The summed E-state index contributed by atoms with van der Waals surface area (Å²) in [5, 5.41) is 5.14. The summed E-state index contributed by atoms with van der Waals surface area (Å²) in [4.78, 5) is 62.5. The molecule has 0 aliphatic carbocycles. The smallest absolute Gasteiger partial charge is 0.414 e. The summed E-state index contributed by atoms with van der Waals surface area (Å²) in [6, 6.07) is 6.04. The van der Waals surface area contributed by atoms with E-state index in [1.54, 1.807) is 20.8 Å². The number of benzene rings is 1. The molecule has 1 aromatic heterocycles. The van der Waals surface area contributed by atoms with Gasteiger partial charge in [0.1, 0.15) is 5.00 Å². The maximum Gasteiger partial charge on any atom is 0.414 e. The normalized spacial score (nSPS) is 13.3. The Morgan fingerprint density at radius 3 is 2.23 bits per heavy atom. The second-order valence-electron chi connectivity index (χ2n) is 6.79. The number of hydrogen-bond acceptors (Lipinski definition) is 7. The average molecular weight is 443 g/mol. The molecule has 1 fully saturated rings. The predicted molar refractivity (Wildman–Crippen MR) is 114 cm³/mol. The minimum Gasteiger partial charge on any atom is -0.450 e. The van der Waals surface area contributed by atoms with Crippen molar-refractivity contribution >= 4 is 51.7 Å². The molecule has 1 aliphatic rings. The molecule has 1 aromatic carbocycles. The summed E-state index contributed by atoms with van der Waals surface area (Å²) in [5.41, 5.74) is 1.52. The Bertz CT molecular complexity index is 1060. The molecule has 0 saturated carbocycles. The van der Waals surface area contributed by atoms with Crippen LogP contribution in [-0.2, 0) is 14.3 Å². The lowest BCUT2D eigenvalue weighted by Crippen LogP contribution is -2.32. The largest absolute Gasteiger partial charge is 0.450 e. The second kappa shape index (κ2) is 9.09. The highest BCUT2D eigenvalue weighted by molar-refractivity contribution is 7.16. The standard InChI is InChI=1S/C21H21N3O6S/c1-4-30-21(29)23-19(28)17-11(2)12(3)31-20(17)22-18(27)13-5-7-14(8-6-13)24-15(25)9-10-16(24)26/h5-8H,4,9-10H2,1-3H3,(H,22,27)(H,23,28,29). The quantitative estimate of drug-likeness (QED) is 0.685. The van der Waals surface area contributed by atoms with Crippen molar-refractivity contribution < 1.29 is 28.7 Å². The number of rotatable bonds is 5. The fourth-order valence-electron chi connectivity index (χ4n) is 3.11. The molecule has 2 heterocycles. The van der Waals surface area contributed by atoms with Crippen LogP contribution in [0.4, 0.5) is 15.5 Å². The zero-order valence-corrected chi connectivity index (χ0v) is 18.1. The van der Waals surface area contributed by atoms with Gasteiger partial charge in [-0.15, -0.1) is 11.3 Å². The Balaban J connectivity index is 1.78. The number of amides is 5. The monoisotopic (exact) mass is 443 g/mol. The van der Waals surface area contributed by atoms with E-state index in [1.165, 1.54) is 35.6 Å². The third-order valence-electron chi connectivity index (χ3n) is 4.77. The number of nitrogens with zero attached hydrogens (tertiary/aromatic N) is 1. The van der Waals surface area contributed by atoms with E-state index in [0.29, 0.717) is 16.3 Å². The molecular formula is C21H21N3O6S. The molecule has 3 rings (SSSR count). The molecule has 2 N–H and O–H groups in total. The lowest BCUT2D eigenvalue weighted by atomic mass is 10.1. The van der Waals surface area contributed by atoms with E-state index >= 15 is 0 Å². The molecular weight excluding hydrogens is 422 g/mol. The fourth-order valence-corrected chi connectivity index (χ4v) is 4.17. The first-order valence-corrected chi connectivity index (χ1v) is 10.4. The Kier molecular flexibility index (Phi) is 6.50. The first-order valence-electron chi connectivity index (χ1n) is 9.58. The molecule has 9 nitrogen and oxygen atoms in total. The van der Waals surface area contributed by atoms with Gasteiger partial charge in [0.15, 0.2) is 0 Å². The number of carbonyl (C=O) groups is 5. The average Bonchev–Trinajstić information content (AvgIpc) is 3.20. The molecule has 1 saturated heterocycles. The lowest BCUT2D eigenvalue weighted by molar-refractivity contribution is -0.121. The lowest BCUT2D eigenvalue weighted by Gasteiger charge is -2.14. The third kappa shape index (κ3) is 4.64. The second-order valence-corrected chi connectivity index (χ2v) is 8.01. The predicted octanol–water partition coefficient (Wildman–Crippen LogP) is 3.16. The van der Waals surface area contributed by atoms with Gasteiger partial charge in [0.2, 0.25) is 11.8 Å². The van der Waals surface area contributed by atoms with Crippen molar-refractivity contribution in [1.29, 1.82) is 0 Å². The van der Waals surface area contributed by atoms with Crippen molar-refractivity contribution in [3.8, 4) is 0 Å². The zero-order chi connectivity index (χ0) is 22.7. The highest BCUT2D eigenvalue weighted by atomic mass is 32.1. The van der Waals surface area contributed by atoms with Gasteiger partial charge in [-0.1, -0.05) is 0 Å². The molecule has 5 amide bonds. The highest BCUT2D eigenvalue weighted by Gasteiger charge is 2.30. The number of thiophene rings is 1. The Morgan fingerprint density at radius 1 is 1.03 bits per heavy atom. The molecule has 31 heavy (non-hydrogen) atoms. The van der Waals surface area contributed by atoms with Crippen LogP contribution in [0, 0.1) is 13.8 Å². The van der Waals surface area contributed by atoms with Gasteiger partial charge in [0, 0.05) is 23.3 Å². The van der Waals surface area contributed by atoms with E-state index in [2.05, 4.69) is 10.6 Å². The van der Waals surface area contributed by atoms with Gasteiger partial charge in [-0.05, 0) is 50.6 Å². The summed E-state index contributed by atoms with van der Waals surface area (Å²) in [6.45, 7) is 5.27. The first kappa shape index (κ1) is 22.2. The van der Waals surface area contributed by atoms with Gasteiger partial charge in [-0.25, -0.2) is 4.79 Å². The molecule has 0 unspecified atom stereocenters. The van der Waals surface area contributed by atoms with E-state index in [9.17, 15) is 24.0 Å². The summed E-state index contributed by atoms with van der Waals surface area (Å²) in [6.07, 6.45) is -0.515. The van der Waals surface area contributed by atoms with E-state index in [0.717, 1.165) is 9.78 Å². The number of aryl methyl sites for hydroxylation is 1. The van der Waals surface area contributed by atoms with Crippen molar-refractivity contribution in [2.45, 2.75) is 33.6 Å². The summed E-state index contributed by atoms with van der Waals surface area (Å²) < 4.78 is 4.73. The Labute approximate surface area is 182 Å². The minimum absolute atomic E-state index is 0.120. The molecule has 0 spiro atoms. The van der Waals surface area contributed by atoms with Gasteiger partial charge < -0.3 is 10.1 Å². The number of imide groups is 2. The van der Waals surface area contributed by atoms with Crippen LogP contribution in [0.25, 0.3) is 0 Å². The Morgan fingerprint density at radius 2 is 1.65 bits per heavy atom. The van der Waals surface area contributed by atoms with Crippen LogP contribution < -0.4 is 15.5 Å². The van der Waals surface area contributed by atoms with Gasteiger partial charge in [0.25, 0.3) is 11.8 Å². The first-order chi connectivity index (χ1) is 14.7. The number of carbonyl (C=O) groups excluding carboxylic acids is 5. The third-order valence-corrected chi connectivity index (χ3v) is 5.89. The van der Waals surface area contributed by atoms with E-state index in [-0.39, 0.29) is 42.4 Å². The minimum atomic E-state index is -0.866. The number of nitrogens with one attached hydrogen (secondary N) is 2. The van der Waals surface area contributed by atoms with Crippen molar-refractivity contribution in [3.05, 3.63) is 45.8 Å². The molecule has 0 atom stereocenters. The van der Waals surface area contributed by atoms with Gasteiger partial charge in [0.05, 0.1) is 17.9 Å². The summed E-state index contributed by atoms with van der Waals surface area (Å²) >= 11 is 1.21. The fraction of sp³-hybridized carbons (Fsp3) is 0.286. The summed E-state index contributed by atoms with van der Waals surface area (Å²) in [7, 11) is 0. The number of alkyl carbamates (subject to hydrolysis) is 1. The topological polar surface area (TPSA) is 122 Å². The van der Waals surface area contributed by atoms with Crippen LogP contribution in [0.2, 0.25) is 0 Å². The van der Waals surface area contributed by atoms with E-state index < -0.39 is 17.9 Å². The van der Waals surface area contributed by atoms with E-state index in [4.69, 9.17) is 4.74 Å². The highest BCUT2D eigenvalue weighted by Crippen LogP contribution is 2.33. The SMILES string of the molecule is CCOC(=O)NC(=O)c1c(NC(=O)c2ccc(N3C(=O)CCC3=O)cc2)sc(C)c1C. The van der Waals surface area contributed by atoms with Gasteiger partial charge >= 0.3 is 6.09 Å². The van der Waals surface area contributed by atoms with Crippen molar-refractivity contribution in [1.82, 2.24) is 5.32 Å². The van der Waals surface area contributed by atoms with Crippen LogP contribution >= 0.6 is 11.3 Å². The van der Waals surface area contributed by atoms with Crippen LogP contribution in [0.15, 0.2) is 24.3 Å². The number of ether oxygens (including phenoxy) is 1. The molecule has 0 radical (unpaired) electrons. The summed E-state index contributed by atoms with van der Waals surface area (Å²) in [5.74, 6) is -1.69. The van der Waals surface area contributed by atoms with E-state index in [1.807, 2.05) is 0 Å². The maximum atomic E-state index is 12.7. The number of hydrogen-bond donors (Lipinski definition) is 2. The van der Waals surface area contributed by atoms with Crippen molar-refractivity contribution in [2.75, 3.05) is 16.8 Å². The maximum absolute atomic E-state index is 12.7.